The molecule has 0 spiro atoms. The van der Waals surface area contributed by atoms with E-state index in [4.69, 9.17) is 11.6 Å². The van der Waals surface area contributed by atoms with Crippen molar-refractivity contribution in [2.24, 2.45) is 7.05 Å². The Labute approximate surface area is 223 Å². The van der Waals surface area contributed by atoms with Crippen LogP contribution in [0.3, 0.4) is 0 Å². The summed E-state index contributed by atoms with van der Waals surface area (Å²) in [5.74, 6) is -1.07. The van der Waals surface area contributed by atoms with Gasteiger partial charge >= 0.3 is 11.7 Å². The van der Waals surface area contributed by atoms with E-state index in [-0.39, 0.29) is 40.7 Å². The average molecular weight is 540 g/mol. The Morgan fingerprint density at radius 2 is 1.76 bits per heavy atom. The molecule has 3 heterocycles. The number of carbonyl (C=O) groups excluding carboxylic acids is 2. The number of likely N-dealkylation sites (tertiary alicyclic amines) is 1. The summed E-state index contributed by atoms with van der Waals surface area (Å²) >= 11 is 5.88. The lowest BCUT2D eigenvalue weighted by Crippen LogP contribution is -2.51. The number of halogens is 2. The number of nitrogens with one attached hydrogen (secondary N) is 1. The zero-order valence-electron chi connectivity index (χ0n) is 20.8. The Kier molecular flexibility index (Phi) is 7.07. The first-order chi connectivity index (χ1) is 18.2. The van der Waals surface area contributed by atoms with Crippen molar-refractivity contribution < 1.29 is 14.0 Å². The molecule has 11 heteroatoms. The molecule has 1 aromatic heterocycles. The third-order valence-corrected chi connectivity index (χ3v) is 7.59. The lowest BCUT2D eigenvalue weighted by molar-refractivity contribution is -0.133. The standard InChI is InChI=1S/C27H27ClFN5O4/c1-31-25(36)20(19-6-4-7-21(28)24(19)29)15-33(27(31)38)16-23(35)32-12-10-18(11-13-32)34-14-9-17-5-2-3-8-22(17)30-26(34)37/h2-8,15,18H,9-14,16H2,1H3,(H,30,37). The van der Waals surface area contributed by atoms with Gasteiger partial charge in [0.2, 0.25) is 5.91 Å². The summed E-state index contributed by atoms with van der Waals surface area (Å²) in [5.41, 5.74) is 0.455. The van der Waals surface area contributed by atoms with Crippen LogP contribution >= 0.6 is 11.6 Å². The molecule has 3 amide bonds. The Morgan fingerprint density at radius 1 is 1.03 bits per heavy atom. The molecule has 3 aromatic rings. The molecule has 198 valence electrons. The topological polar surface area (TPSA) is 96.7 Å². The number of hydrogen-bond donors (Lipinski definition) is 1. The van der Waals surface area contributed by atoms with E-state index in [2.05, 4.69) is 5.32 Å². The van der Waals surface area contributed by atoms with Crippen molar-refractivity contribution >= 4 is 29.2 Å². The molecule has 1 N–H and O–H groups in total. The van der Waals surface area contributed by atoms with Crippen LogP contribution in [-0.2, 0) is 24.8 Å². The van der Waals surface area contributed by atoms with E-state index in [0.717, 1.165) is 26.8 Å². The first-order valence-electron chi connectivity index (χ1n) is 12.4. The van der Waals surface area contributed by atoms with Gasteiger partial charge in [-0.3, -0.25) is 18.7 Å². The zero-order valence-corrected chi connectivity index (χ0v) is 21.6. The molecule has 0 saturated carbocycles. The fourth-order valence-electron chi connectivity index (χ4n) is 5.15. The van der Waals surface area contributed by atoms with Crippen molar-refractivity contribution in [2.75, 3.05) is 25.0 Å². The van der Waals surface area contributed by atoms with Gasteiger partial charge in [0, 0.05) is 50.2 Å². The quantitative estimate of drug-likeness (QED) is 0.551. The van der Waals surface area contributed by atoms with E-state index in [1.807, 2.05) is 29.2 Å². The number of anilines is 1. The normalized spacial score (nSPS) is 16.1. The molecule has 9 nitrogen and oxygen atoms in total. The predicted octanol–water partition coefficient (Wildman–Crippen LogP) is 3.09. The summed E-state index contributed by atoms with van der Waals surface area (Å²) in [6.07, 6.45) is 3.18. The molecule has 2 aliphatic heterocycles. The monoisotopic (exact) mass is 539 g/mol. The highest BCUT2D eigenvalue weighted by molar-refractivity contribution is 6.31. The van der Waals surface area contributed by atoms with Crippen molar-refractivity contribution in [3.8, 4) is 11.1 Å². The summed E-state index contributed by atoms with van der Waals surface area (Å²) in [6, 6.07) is 11.9. The summed E-state index contributed by atoms with van der Waals surface area (Å²) in [5, 5.41) is 2.83. The highest BCUT2D eigenvalue weighted by atomic mass is 35.5. The number of fused-ring (bicyclic) bond motifs is 1. The van der Waals surface area contributed by atoms with Gasteiger partial charge in [-0.15, -0.1) is 0 Å². The Morgan fingerprint density at radius 3 is 2.53 bits per heavy atom. The van der Waals surface area contributed by atoms with Crippen LogP contribution in [0.4, 0.5) is 14.9 Å². The second kappa shape index (κ2) is 10.4. The molecule has 38 heavy (non-hydrogen) atoms. The van der Waals surface area contributed by atoms with Crippen LogP contribution in [-0.4, -0.2) is 56.5 Å². The van der Waals surface area contributed by atoms with Crippen LogP contribution in [0.2, 0.25) is 5.02 Å². The van der Waals surface area contributed by atoms with Crippen LogP contribution in [0, 0.1) is 5.82 Å². The molecule has 2 aromatic carbocycles. The largest absolute Gasteiger partial charge is 0.341 e. The summed E-state index contributed by atoms with van der Waals surface area (Å²) in [6.45, 7) is 1.15. The SMILES string of the molecule is Cn1c(=O)c(-c2cccc(Cl)c2F)cn(CC(=O)N2CCC(N3CCc4ccccc4NC3=O)CC2)c1=O. The number of benzene rings is 2. The molecule has 0 aliphatic carbocycles. The average Bonchev–Trinajstić information content (AvgIpc) is 3.09. The molecule has 2 aliphatic rings. The van der Waals surface area contributed by atoms with Crippen molar-refractivity contribution in [2.45, 2.75) is 31.8 Å². The predicted molar refractivity (Wildman–Crippen MR) is 142 cm³/mol. The van der Waals surface area contributed by atoms with Gasteiger partial charge in [-0.2, -0.15) is 0 Å². The maximum atomic E-state index is 14.6. The van der Waals surface area contributed by atoms with Crippen molar-refractivity contribution in [1.29, 1.82) is 0 Å². The van der Waals surface area contributed by atoms with E-state index in [1.165, 1.54) is 31.4 Å². The smallest absolute Gasteiger partial charge is 0.331 e. The number of hydrogen-bond acceptors (Lipinski definition) is 4. The van der Waals surface area contributed by atoms with Crippen LogP contribution in [0.25, 0.3) is 11.1 Å². The van der Waals surface area contributed by atoms with E-state index < -0.39 is 17.1 Å². The number of rotatable bonds is 4. The number of carbonyl (C=O) groups is 2. The third kappa shape index (κ3) is 4.83. The van der Waals surface area contributed by atoms with E-state index >= 15 is 0 Å². The number of nitrogens with zero attached hydrogens (tertiary/aromatic N) is 4. The molecule has 0 radical (unpaired) electrons. The van der Waals surface area contributed by atoms with Crippen LogP contribution in [0.1, 0.15) is 18.4 Å². The summed E-state index contributed by atoms with van der Waals surface area (Å²) < 4.78 is 16.6. The minimum atomic E-state index is -0.773. The highest BCUT2D eigenvalue weighted by Gasteiger charge is 2.31. The maximum Gasteiger partial charge on any atom is 0.331 e. The molecular formula is C27H27ClFN5O4. The fourth-order valence-corrected chi connectivity index (χ4v) is 5.32. The van der Waals surface area contributed by atoms with E-state index in [0.29, 0.717) is 32.5 Å². The van der Waals surface area contributed by atoms with Gasteiger partial charge in [0.25, 0.3) is 5.56 Å². The van der Waals surface area contributed by atoms with E-state index in [9.17, 15) is 23.6 Å². The molecule has 0 atom stereocenters. The molecule has 0 bridgehead atoms. The lowest BCUT2D eigenvalue weighted by Gasteiger charge is -2.38. The van der Waals surface area contributed by atoms with Gasteiger partial charge in [0.1, 0.15) is 12.4 Å². The van der Waals surface area contributed by atoms with E-state index in [1.54, 1.807) is 4.90 Å². The van der Waals surface area contributed by atoms with Crippen LogP contribution < -0.4 is 16.6 Å². The zero-order chi connectivity index (χ0) is 27.0. The Bertz CT molecular complexity index is 1530. The molecule has 1 saturated heterocycles. The Hall–Kier alpha value is -3.92. The number of amides is 3. The summed E-state index contributed by atoms with van der Waals surface area (Å²) in [4.78, 5) is 54.9. The minimum absolute atomic E-state index is 0.00830. The minimum Gasteiger partial charge on any atom is -0.341 e. The fraction of sp³-hybridized carbons (Fsp3) is 0.333. The van der Waals surface area contributed by atoms with Crippen molar-refractivity contribution in [1.82, 2.24) is 18.9 Å². The van der Waals surface area contributed by atoms with Crippen LogP contribution in [0.5, 0.6) is 0 Å². The third-order valence-electron chi connectivity index (χ3n) is 7.30. The van der Waals surface area contributed by atoms with Crippen LogP contribution in [0.15, 0.2) is 58.3 Å². The first kappa shape index (κ1) is 25.7. The van der Waals surface area contributed by atoms with Gasteiger partial charge in [-0.25, -0.2) is 14.0 Å². The first-order valence-corrected chi connectivity index (χ1v) is 12.8. The maximum absolute atomic E-state index is 14.6. The van der Waals surface area contributed by atoms with Gasteiger partial charge in [0.15, 0.2) is 0 Å². The Balaban J connectivity index is 1.28. The molecule has 1 fully saturated rings. The van der Waals surface area contributed by atoms with Gasteiger partial charge in [-0.1, -0.05) is 41.9 Å². The number of aromatic nitrogens is 2. The molecule has 5 rings (SSSR count). The van der Waals surface area contributed by atoms with Crippen molar-refractivity contribution in [3.05, 3.63) is 85.9 Å². The second-order valence-corrected chi connectivity index (χ2v) is 9.97. The lowest BCUT2D eigenvalue weighted by atomic mass is 10.0. The molecule has 0 unspecified atom stereocenters. The molecular weight excluding hydrogens is 513 g/mol. The number of piperidine rings is 1. The highest BCUT2D eigenvalue weighted by Crippen LogP contribution is 2.26. The summed E-state index contributed by atoms with van der Waals surface area (Å²) in [7, 11) is 1.29. The van der Waals surface area contributed by atoms with Gasteiger partial charge in [-0.05, 0) is 37.0 Å². The van der Waals surface area contributed by atoms with Gasteiger partial charge < -0.3 is 15.1 Å². The number of urea groups is 1. The number of para-hydroxylation sites is 1. The van der Waals surface area contributed by atoms with Gasteiger partial charge in [0.05, 0.1) is 10.6 Å². The second-order valence-electron chi connectivity index (χ2n) is 9.56. The van der Waals surface area contributed by atoms with Crippen molar-refractivity contribution in [3.63, 3.8) is 0 Å².